The maximum atomic E-state index is 13.2. The molecule has 0 unspecified atom stereocenters. The van der Waals surface area contributed by atoms with E-state index in [9.17, 15) is 9.90 Å². The van der Waals surface area contributed by atoms with E-state index in [0.717, 1.165) is 11.3 Å². The fourth-order valence-corrected chi connectivity index (χ4v) is 4.82. The first kappa shape index (κ1) is 18.5. The summed E-state index contributed by atoms with van der Waals surface area (Å²) >= 11 is 1.44. The highest BCUT2D eigenvalue weighted by Gasteiger charge is 2.40. The van der Waals surface area contributed by atoms with Crippen molar-refractivity contribution in [1.29, 1.82) is 0 Å². The molecule has 2 aromatic heterocycles. The molecule has 1 aromatic carbocycles. The third-order valence-corrected chi connectivity index (χ3v) is 6.85. The Morgan fingerprint density at radius 2 is 2.00 bits per heavy atom. The Hall–Kier alpha value is -2.51. The zero-order valence-corrected chi connectivity index (χ0v) is 17.1. The molecule has 6 nitrogen and oxygen atoms in total. The van der Waals surface area contributed by atoms with Crippen LogP contribution >= 0.6 is 11.3 Å². The highest BCUT2D eigenvalue weighted by molar-refractivity contribution is 7.12. The van der Waals surface area contributed by atoms with Crippen LogP contribution in [0.25, 0.3) is 0 Å². The topological polar surface area (TPSA) is 71.2 Å². The molecule has 1 saturated carbocycles. The predicted molar refractivity (Wildman–Crippen MR) is 111 cm³/mol. The van der Waals surface area contributed by atoms with Gasteiger partial charge in [-0.1, -0.05) is 41.1 Å². The number of amides is 1. The molecule has 0 bridgehead atoms. The number of rotatable bonds is 4. The van der Waals surface area contributed by atoms with Crippen molar-refractivity contribution in [3.05, 3.63) is 69.7 Å². The quantitative estimate of drug-likeness (QED) is 0.714. The van der Waals surface area contributed by atoms with Gasteiger partial charge in [0.2, 0.25) is 0 Å². The van der Waals surface area contributed by atoms with Crippen LogP contribution in [0.15, 0.2) is 48.0 Å². The fourth-order valence-electron chi connectivity index (χ4n) is 4.14. The Kier molecular flexibility index (Phi) is 4.72. The van der Waals surface area contributed by atoms with Gasteiger partial charge in [-0.25, -0.2) is 4.68 Å². The molecular formula is C22H24N4O2S. The Labute approximate surface area is 173 Å². The fraction of sp³-hybridized carbons (Fsp3) is 0.409. The molecule has 7 heteroatoms. The molecule has 1 N–H and O–H groups in total. The molecule has 150 valence electrons. The highest BCUT2D eigenvalue weighted by Crippen LogP contribution is 2.41. The van der Waals surface area contributed by atoms with E-state index in [1.54, 1.807) is 0 Å². The van der Waals surface area contributed by atoms with Gasteiger partial charge >= 0.3 is 0 Å². The lowest BCUT2D eigenvalue weighted by atomic mass is 9.89. The van der Waals surface area contributed by atoms with Gasteiger partial charge in [0.1, 0.15) is 0 Å². The van der Waals surface area contributed by atoms with E-state index in [2.05, 4.69) is 41.5 Å². The van der Waals surface area contributed by atoms with Crippen LogP contribution in [0.3, 0.4) is 0 Å². The van der Waals surface area contributed by atoms with Crippen LogP contribution in [0.1, 0.15) is 63.8 Å². The Morgan fingerprint density at radius 3 is 2.69 bits per heavy atom. The molecule has 0 spiro atoms. The number of aliphatic hydroxyl groups excluding tert-OH is 1. The van der Waals surface area contributed by atoms with Crippen molar-refractivity contribution in [3.63, 3.8) is 0 Å². The second kappa shape index (κ2) is 7.39. The van der Waals surface area contributed by atoms with E-state index in [1.165, 1.54) is 29.7 Å². The van der Waals surface area contributed by atoms with E-state index in [1.807, 2.05) is 33.3 Å². The summed E-state index contributed by atoms with van der Waals surface area (Å²) in [6.45, 7) is 2.33. The average Bonchev–Trinajstić information content (AvgIpc) is 3.22. The van der Waals surface area contributed by atoms with Crippen LogP contribution in [0.4, 0.5) is 0 Å². The summed E-state index contributed by atoms with van der Waals surface area (Å²) < 4.78 is 1.81. The second-order valence-electron chi connectivity index (χ2n) is 8.13. The summed E-state index contributed by atoms with van der Waals surface area (Å²) in [5.41, 5.74) is 3.28. The number of likely N-dealkylation sites (tertiary alicyclic amines) is 1. The normalized spacial score (nSPS) is 24.6. The highest BCUT2D eigenvalue weighted by atomic mass is 32.1. The summed E-state index contributed by atoms with van der Waals surface area (Å²) in [7, 11) is 0. The number of hydrogen-bond acceptors (Lipinski definition) is 5. The average molecular weight is 409 g/mol. The van der Waals surface area contributed by atoms with Gasteiger partial charge in [-0.2, -0.15) is 0 Å². The number of nitrogens with zero attached hydrogens (tertiary/aromatic N) is 4. The van der Waals surface area contributed by atoms with Crippen LogP contribution < -0.4 is 0 Å². The Bertz CT molecular complexity index is 994. The molecule has 1 amide bonds. The first-order valence-electron chi connectivity index (χ1n) is 10.1. The summed E-state index contributed by atoms with van der Waals surface area (Å²) in [6.07, 6.45) is 4.24. The summed E-state index contributed by atoms with van der Waals surface area (Å²) in [4.78, 5) is 15.7. The molecule has 5 rings (SSSR count). The molecule has 2 aliphatic rings. The van der Waals surface area contributed by atoms with E-state index >= 15 is 0 Å². The number of thiophene rings is 1. The lowest BCUT2D eigenvalue weighted by molar-refractivity contribution is -0.00384. The van der Waals surface area contributed by atoms with Crippen molar-refractivity contribution in [2.24, 2.45) is 0 Å². The van der Waals surface area contributed by atoms with Crippen LogP contribution in [-0.2, 0) is 0 Å². The number of aliphatic hydroxyl groups is 1. The van der Waals surface area contributed by atoms with Crippen LogP contribution in [0.5, 0.6) is 0 Å². The number of hydrogen-bond donors (Lipinski definition) is 1. The maximum Gasteiger partial charge on any atom is 0.264 e. The number of β-amino-alcohol motifs (C(OH)–C–C–N with tert-alkyl or cyclic N) is 1. The minimum atomic E-state index is -0.686. The number of aryl methyl sites for hydroxylation is 1. The molecule has 1 aliphatic carbocycles. The smallest absolute Gasteiger partial charge is 0.264 e. The van der Waals surface area contributed by atoms with Crippen molar-refractivity contribution in [2.45, 2.75) is 50.3 Å². The maximum absolute atomic E-state index is 13.2. The van der Waals surface area contributed by atoms with Crippen LogP contribution in [-0.4, -0.2) is 43.6 Å². The van der Waals surface area contributed by atoms with Gasteiger partial charge in [0.15, 0.2) is 0 Å². The second-order valence-corrected chi connectivity index (χ2v) is 9.08. The standard InChI is InChI=1S/C22H24N4O2S/c1-14-4-6-16(7-5-14)18-11-19(26-12-17(23-24-26)15-8-9-15)20(27)13-25(18)22(28)21-3-2-10-29-21/h2-7,10,12,15,18-20,27H,8-9,11,13H2,1H3/t18-,19-,20-/m1/s1. The number of aromatic nitrogens is 3. The molecule has 3 atom stereocenters. The zero-order valence-electron chi connectivity index (χ0n) is 16.3. The Morgan fingerprint density at radius 1 is 1.21 bits per heavy atom. The van der Waals surface area contributed by atoms with Crippen molar-refractivity contribution < 1.29 is 9.90 Å². The molecular weight excluding hydrogens is 384 g/mol. The van der Waals surface area contributed by atoms with E-state index in [-0.39, 0.29) is 24.5 Å². The van der Waals surface area contributed by atoms with Gasteiger partial charge in [-0.15, -0.1) is 16.4 Å². The van der Waals surface area contributed by atoms with Gasteiger partial charge in [0, 0.05) is 18.7 Å². The number of carbonyl (C=O) groups excluding carboxylic acids is 1. The zero-order chi connectivity index (χ0) is 20.0. The third kappa shape index (κ3) is 3.60. The minimum absolute atomic E-state index is 0.0275. The van der Waals surface area contributed by atoms with Crippen LogP contribution in [0.2, 0.25) is 0 Å². The van der Waals surface area contributed by atoms with E-state index in [0.29, 0.717) is 17.2 Å². The first-order valence-corrected chi connectivity index (χ1v) is 11.0. The predicted octanol–water partition coefficient (Wildman–Crippen LogP) is 3.71. The number of benzene rings is 1. The first-order chi connectivity index (χ1) is 14.1. The van der Waals surface area contributed by atoms with Gasteiger partial charge in [0.25, 0.3) is 5.91 Å². The SMILES string of the molecule is Cc1ccc([C@H]2C[C@@H](n3cc(C4CC4)nn3)[C@H](O)CN2C(=O)c2cccs2)cc1. The third-order valence-electron chi connectivity index (χ3n) is 5.99. The molecule has 3 heterocycles. The summed E-state index contributed by atoms with van der Waals surface area (Å²) in [5.74, 6) is 0.495. The largest absolute Gasteiger partial charge is 0.389 e. The molecule has 3 aromatic rings. The van der Waals surface area contributed by atoms with E-state index < -0.39 is 6.10 Å². The number of carbonyl (C=O) groups is 1. The van der Waals surface area contributed by atoms with Crippen molar-refractivity contribution in [2.75, 3.05) is 6.54 Å². The molecule has 1 saturated heterocycles. The van der Waals surface area contributed by atoms with Crippen LogP contribution in [0, 0.1) is 6.92 Å². The Balaban J connectivity index is 1.47. The van der Waals surface area contributed by atoms with E-state index in [4.69, 9.17) is 0 Å². The molecule has 1 aliphatic heterocycles. The number of piperidine rings is 1. The minimum Gasteiger partial charge on any atom is -0.389 e. The lowest BCUT2D eigenvalue weighted by Gasteiger charge is -2.42. The van der Waals surface area contributed by atoms with Gasteiger partial charge in [-0.05, 0) is 43.2 Å². The molecule has 29 heavy (non-hydrogen) atoms. The van der Waals surface area contributed by atoms with Crippen molar-refractivity contribution >= 4 is 17.2 Å². The summed E-state index contributed by atoms with van der Waals surface area (Å²) in [5, 5.41) is 21.5. The molecule has 2 fully saturated rings. The van der Waals surface area contributed by atoms with Crippen molar-refractivity contribution in [3.8, 4) is 0 Å². The van der Waals surface area contributed by atoms with Crippen molar-refractivity contribution in [1.82, 2.24) is 19.9 Å². The summed E-state index contributed by atoms with van der Waals surface area (Å²) in [6, 6.07) is 11.7. The van der Waals surface area contributed by atoms with Gasteiger partial charge in [0.05, 0.1) is 28.8 Å². The van der Waals surface area contributed by atoms with Gasteiger partial charge < -0.3 is 10.0 Å². The van der Waals surface area contributed by atoms with Gasteiger partial charge in [-0.3, -0.25) is 4.79 Å². The monoisotopic (exact) mass is 408 g/mol. The lowest BCUT2D eigenvalue weighted by Crippen LogP contribution is -2.49. The molecule has 0 radical (unpaired) electrons.